The summed E-state index contributed by atoms with van der Waals surface area (Å²) in [7, 11) is 0. The zero-order valence-corrected chi connectivity index (χ0v) is 7.21. The van der Waals surface area contributed by atoms with Gasteiger partial charge in [0.2, 0.25) is 0 Å². The molecule has 0 fully saturated rings. The highest BCUT2D eigenvalue weighted by Gasteiger charge is 1.96. The first-order valence-electron chi connectivity index (χ1n) is 3.83. The second-order valence-electron chi connectivity index (χ2n) is 2.44. The molecule has 1 aliphatic heterocycles. The molecule has 55 valence electrons. The van der Waals surface area contributed by atoms with Crippen LogP contribution in [0.4, 0.5) is 0 Å². The summed E-state index contributed by atoms with van der Waals surface area (Å²) in [5.41, 5.74) is 1.39. The predicted molar refractivity (Wildman–Crippen MR) is 47.9 cm³/mol. The number of hydrogen-bond acceptors (Lipinski definition) is 1. The van der Waals surface area contributed by atoms with Crippen LogP contribution in [0.3, 0.4) is 0 Å². The third kappa shape index (κ3) is 2.61. The Morgan fingerprint density at radius 1 is 1.70 bits per heavy atom. The molecule has 0 aliphatic carbocycles. The molecule has 0 bridgehead atoms. The second-order valence-corrected chi connectivity index (χ2v) is 3.27. The minimum Gasteiger partial charge on any atom is -0.121 e. The SMILES string of the molecule is CCCCC1=[C]SCC=C1. The summed E-state index contributed by atoms with van der Waals surface area (Å²) in [6.45, 7) is 2.22. The van der Waals surface area contributed by atoms with Crippen molar-refractivity contribution in [1.82, 2.24) is 0 Å². The fraction of sp³-hybridized carbons (Fsp3) is 0.556. The number of thioether (sulfide) groups is 1. The summed E-state index contributed by atoms with van der Waals surface area (Å²) in [6, 6.07) is 0. The van der Waals surface area contributed by atoms with Gasteiger partial charge in [0.15, 0.2) is 0 Å². The van der Waals surface area contributed by atoms with Crippen LogP contribution in [0.15, 0.2) is 17.7 Å². The maximum absolute atomic E-state index is 3.30. The summed E-state index contributed by atoms with van der Waals surface area (Å²) >= 11 is 1.78. The van der Waals surface area contributed by atoms with Crippen LogP contribution in [0.5, 0.6) is 0 Å². The number of allylic oxidation sites excluding steroid dienone is 2. The highest BCUT2D eigenvalue weighted by molar-refractivity contribution is 8.01. The van der Waals surface area contributed by atoms with Crippen LogP contribution < -0.4 is 0 Å². The van der Waals surface area contributed by atoms with E-state index in [0.29, 0.717) is 0 Å². The summed E-state index contributed by atoms with van der Waals surface area (Å²) in [5.74, 6) is 1.11. The zero-order valence-electron chi connectivity index (χ0n) is 6.39. The molecule has 1 rings (SSSR count). The Hall–Kier alpha value is -0.170. The van der Waals surface area contributed by atoms with Crippen molar-refractivity contribution in [3.05, 3.63) is 23.1 Å². The van der Waals surface area contributed by atoms with Crippen molar-refractivity contribution in [2.75, 3.05) is 5.75 Å². The molecule has 10 heavy (non-hydrogen) atoms. The smallest absolute Gasteiger partial charge is 0.0246 e. The van der Waals surface area contributed by atoms with Crippen LogP contribution in [-0.4, -0.2) is 5.75 Å². The zero-order chi connectivity index (χ0) is 7.23. The van der Waals surface area contributed by atoms with E-state index in [4.69, 9.17) is 0 Å². The van der Waals surface area contributed by atoms with Crippen LogP contribution in [0.25, 0.3) is 0 Å². The van der Waals surface area contributed by atoms with Gasteiger partial charge >= 0.3 is 0 Å². The van der Waals surface area contributed by atoms with E-state index in [9.17, 15) is 0 Å². The van der Waals surface area contributed by atoms with Gasteiger partial charge in [-0.25, -0.2) is 0 Å². The molecule has 0 N–H and O–H groups in total. The minimum absolute atomic E-state index is 1.11. The Labute approximate surface area is 67.4 Å². The van der Waals surface area contributed by atoms with Gasteiger partial charge in [-0.2, -0.15) is 0 Å². The van der Waals surface area contributed by atoms with Crippen LogP contribution in [0.1, 0.15) is 26.2 Å². The molecule has 0 nitrogen and oxygen atoms in total. The molecule has 1 radical (unpaired) electrons. The molecular formula is C9H13S. The van der Waals surface area contributed by atoms with E-state index in [1.807, 2.05) is 0 Å². The van der Waals surface area contributed by atoms with Crippen molar-refractivity contribution in [1.29, 1.82) is 0 Å². The standard InChI is InChI=1S/C9H13S/c1-2-3-5-9-6-4-7-10-8-9/h4,6H,2-3,5,7H2,1H3. The second kappa shape index (κ2) is 4.62. The Morgan fingerprint density at radius 2 is 2.60 bits per heavy atom. The van der Waals surface area contributed by atoms with Crippen molar-refractivity contribution >= 4 is 11.8 Å². The lowest BCUT2D eigenvalue weighted by molar-refractivity contribution is 0.797. The summed E-state index contributed by atoms with van der Waals surface area (Å²) in [6.07, 6.45) is 8.20. The molecule has 0 aromatic carbocycles. The van der Waals surface area contributed by atoms with Gasteiger partial charge in [-0.15, -0.1) is 11.8 Å². The molecule has 1 aliphatic rings. The monoisotopic (exact) mass is 153 g/mol. The van der Waals surface area contributed by atoms with E-state index in [2.05, 4.69) is 24.5 Å². The van der Waals surface area contributed by atoms with E-state index in [1.165, 1.54) is 24.8 Å². The van der Waals surface area contributed by atoms with Gasteiger partial charge < -0.3 is 0 Å². The summed E-state index contributed by atoms with van der Waals surface area (Å²) in [5, 5.41) is 3.30. The summed E-state index contributed by atoms with van der Waals surface area (Å²) in [4.78, 5) is 0. The summed E-state index contributed by atoms with van der Waals surface area (Å²) < 4.78 is 0. The lowest BCUT2D eigenvalue weighted by atomic mass is 10.1. The molecule has 1 heteroatoms. The van der Waals surface area contributed by atoms with Crippen molar-refractivity contribution in [2.24, 2.45) is 0 Å². The highest BCUT2D eigenvalue weighted by Crippen LogP contribution is 2.17. The van der Waals surface area contributed by atoms with Crippen molar-refractivity contribution in [3.63, 3.8) is 0 Å². The maximum atomic E-state index is 3.30. The average Bonchev–Trinajstić information content (AvgIpc) is 2.03. The lowest BCUT2D eigenvalue weighted by Gasteiger charge is -2.03. The normalized spacial score (nSPS) is 17.1. The van der Waals surface area contributed by atoms with E-state index in [1.54, 1.807) is 11.8 Å². The maximum Gasteiger partial charge on any atom is 0.0246 e. The third-order valence-electron chi connectivity index (χ3n) is 1.50. The molecule has 0 unspecified atom stereocenters. The van der Waals surface area contributed by atoms with Crippen LogP contribution in [-0.2, 0) is 0 Å². The molecule has 1 heterocycles. The molecule has 0 spiro atoms. The molecule has 0 atom stereocenters. The molecule has 0 aromatic rings. The Balaban J connectivity index is 2.26. The predicted octanol–water partition coefficient (Wildman–Crippen LogP) is 3.17. The van der Waals surface area contributed by atoms with Crippen LogP contribution in [0.2, 0.25) is 0 Å². The van der Waals surface area contributed by atoms with Crippen LogP contribution in [0, 0.1) is 5.41 Å². The largest absolute Gasteiger partial charge is 0.121 e. The highest BCUT2D eigenvalue weighted by atomic mass is 32.2. The first-order valence-corrected chi connectivity index (χ1v) is 4.82. The van der Waals surface area contributed by atoms with Gasteiger partial charge in [-0.05, 0) is 18.4 Å². The molecule has 0 saturated carbocycles. The van der Waals surface area contributed by atoms with Gasteiger partial charge in [0.05, 0.1) is 0 Å². The molecular weight excluding hydrogens is 140 g/mol. The van der Waals surface area contributed by atoms with Gasteiger partial charge in [0.25, 0.3) is 0 Å². The minimum atomic E-state index is 1.11. The lowest BCUT2D eigenvalue weighted by Crippen LogP contribution is -1.84. The van der Waals surface area contributed by atoms with Crippen molar-refractivity contribution in [3.8, 4) is 0 Å². The fourth-order valence-corrected chi connectivity index (χ4v) is 1.54. The van der Waals surface area contributed by atoms with E-state index < -0.39 is 0 Å². The topological polar surface area (TPSA) is 0 Å². The fourth-order valence-electron chi connectivity index (χ4n) is 0.908. The Kier molecular flexibility index (Phi) is 3.66. The number of unbranched alkanes of at least 4 members (excludes halogenated alkanes) is 1. The van der Waals surface area contributed by atoms with Crippen molar-refractivity contribution in [2.45, 2.75) is 26.2 Å². The first-order chi connectivity index (χ1) is 4.93. The van der Waals surface area contributed by atoms with Gasteiger partial charge in [0.1, 0.15) is 0 Å². The molecule has 0 saturated heterocycles. The van der Waals surface area contributed by atoms with E-state index >= 15 is 0 Å². The third-order valence-corrected chi connectivity index (χ3v) is 2.27. The van der Waals surface area contributed by atoms with Gasteiger partial charge in [0, 0.05) is 11.2 Å². The van der Waals surface area contributed by atoms with Gasteiger partial charge in [-0.1, -0.05) is 25.5 Å². The molecule has 0 aromatic heterocycles. The van der Waals surface area contributed by atoms with Crippen LogP contribution >= 0.6 is 11.8 Å². The number of hydrogen-bond donors (Lipinski definition) is 0. The Bertz CT molecular complexity index is 145. The first kappa shape index (κ1) is 7.93. The number of rotatable bonds is 3. The quantitative estimate of drug-likeness (QED) is 0.600. The average molecular weight is 153 g/mol. The Morgan fingerprint density at radius 3 is 3.20 bits per heavy atom. The van der Waals surface area contributed by atoms with Gasteiger partial charge in [-0.3, -0.25) is 0 Å². The van der Waals surface area contributed by atoms with E-state index in [-0.39, 0.29) is 0 Å². The molecule has 0 amide bonds. The van der Waals surface area contributed by atoms with E-state index in [0.717, 1.165) is 5.75 Å². The van der Waals surface area contributed by atoms with Crippen molar-refractivity contribution < 1.29 is 0 Å².